The molecule has 4 heteroatoms. The number of rotatable bonds is 1. The van der Waals surface area contributed by atoms with Crippen LogP contribution in [-0.4, -0.2) is 11.3 Å². The maximum absolute atomic E-state index is 10.4. The highest BCUT2D eigenvalue weighted by atomic mass is 35.5. The van der Waals surface area contributed by atoms with Crippen molar-refractivity contribution in [2.24, 2.45) is 0 Å². The van der Waals surface area contributed by atoms with Crippen molar-refractivity contribution in [3.05, 3.63) is 28.2 Å². The van der Waals surface area contributed by atoms with Gasteiger partial charge in [-0.15, -0.1) is 11.3 Å². The molecule has 0 aliphatic heterocycles. The highest BCUT2D eigenvalue weighted by Gasteiger charge is 2.04. The van der Waals surface area contributed by atoms with E-state index in [2.05, 4.69) is 4.98 Å². The summed E-state index contributed by atoms with van der Waals surface area (Å²) in [5.41, 5.74) is 0.714. The van der Waals surface area contributed by atoms with Crippen molar-refractivity contribution in [3.8, 4) is 0 Å². The zero-order valence-corrected chi connectivity index (χ0v) is 7.52. The third-order valence-corrected chi connectivity index (χ3v) is 2.74. The Kier molecular flexibility index (Phi) is 1.83. The van der Waals surface area contributed by atoms with E-state index in [1.54, 1.807) is 6.07 Å². The molecule has 0 fully saturated rings. The van der Waals surface area contributed by atoms with Gasteiger partial charge in [0.2, 0.25) is 0 Å². The Bertz CT molecular complexity index is 438. The number of aromatic nitrogens is 1. The topological polar surface area (TPSA) is 30.0 Å². The Morgan fingerprint density at radius 1 is 1.50 bits per heavy atom. The first-order valence-electron chi connectivity index (χ1n) is 3.31. The number of fused-ring (bicyclic) bond motifs is 1. The predicted octanol–water partition coefficient (Wildman–Crippen LogP) is 2.76. The van der Waals surface area contributed by atoms with Crippen molar-refractivity contribution in [1.82, 2.24) is 4.98 Å². The molecule has 0 saturated carbocycles. The Morgan fingerprint density at radius 3 is 3.00 bits per heavy atom. The molecule has 0 spiro atoms. The summed E-state index contributed by atoms with van der Waals surface area (Å²) < 4.78 is 0.949. The van der Waals surface area contributed by atoms with Crippen molar-refractivity contribution < 1.29 is 4.79 Å². The lowest BCUT2D eigenvalue weighted by Crippen LogP contribution is -1.74. The van der Waals surface area contributed by atoms with E-state index >= 15 is 0 Å². The monoisotopic (exact) mass is 197 g/mol. The number of nitrogens with zero attached hydrogens (tertiary/aromatic N) is 1. The molecule has 0 N–H and O–H groups in total. The maximum Gasteiger partial charge on any atom is 0.178 e. The first-order chi connectivity index (χ1) is 5.81. The summed E-state index contributed by atoms with van der Waals surface area (Å²) >= 11 is 7.20. The van der Waals surface area contributed by atoms with Gasteiger partial charge in [0.1, 0.15) is 5.52 Å². The highest BCUT2D eigenvalue weighted by molar-refractivity contribution is 7.20. The van der Waals surface area contributed by atoms with Crippen LogP contribution in [0.5, 0.6) is 0 Å². The molecule has 0 aliphatic carbocycles. The van der Waals surface area contributed by atoms with Gasteiger partial charge in [-0.05, 0) is 12.1 Å². The van der Waals surface area contributed by atoms with Crippen molar-refractivity contribution in [2.75, 3.05) is 0 Å². The summed E-state index contributed by atoms with van der Waals surface area (Å²) in [6, 6.07) is 5.50. The predicted molar refractivity (Wildman–Crippen MR) is 50.0 cm³/mol. The third-order valence-electron chi connectivity index (χ3n) is 1.49. The van der Waals surface area contributed by atoms with Crippen LogP contribution in [0.15, 0.2) is 18.2 Å². The van der Waals surface area contributed by atoms with Gasteiger partial charge in [0, 0.05) is 0 Å². The van der Waals surface area contributed by atoms with Crippen molar-refractivity contribution in [1.29, 1.82) is 0 Å². The molecule has 12 heavy (non-hydrogen) atoms. The fraction of sp³-hybridized carbons (Fsp3) is 0. The van der Waals surface area contributed by atoms with Gasteiger partial charge in [0.15, 0.2) is 11.3 Å². The molecule has 0 atom stereocenters. The van der Waals surface area contributed by atoms with Gasteiger partial charge in [-0.25, -0.2) is 4.98 Å². The molecular formula is C8H4ClNOS. The van der Waals surface area contributed by atoms with Crippen LogP contribution < -0.4 is 0 Å². The first-order valence-corrected chi connectivity index (χ1v) is 4.51. The Labute approximate surface area is 77.8 Å². The van der Waals surface area contributed by atoms with Gasteiger partial charge in [-0.2, -0.15) is 0 Å². The van der Waals surface area contributed by atoms with Gasteiger partial charge in [-0.3, -0.25) is 4.79 Å². The van der Waals surface area contributed by atoms with Gasteiger partial charge in [0.05, 0.1) is 9.72 Å². The van der Waals surface area contributed by atoms with E-state index in [9.17, 15) is 4.79 Å². The SMILES string of the molecule is O=Cc1nc2c(Cl)cccc2s1. The maximum atomic E-state index is 10.4. The molecule has 1 aromatic carbocycles. The molecule has 2 aromatic rings. The molecule has 0 bridgehead atoms. The van der Waals surface area contributed by atoms with Crippen LogP contribution in [0, 0.1) is 0 Å². The number of para-hydroxylation sites is 1. The molecule has 2 rings (SSSR count). The summed E-state index contributed by atoms with van der Waals surface area (Å²) in [7, 11) is 0. The van der Waals surface area contributed by atoms with Crippen LogP contribution in [0.4, 0.5) is 0 Å². The first kappa shape index (κ1) is 7.71. The van der Waals surface area contributed by atoms with Crippen molar-refractivity contribution >= 4 is 39.4 Å². The summed E-state index contributed by atoms with van der Waals surface area (Å²) in [5.74, 6) is 0. The van der Waals surface area contributed by atoms with Crippen molar-refractivity contribution in [2.45, 2.75) is 0 Å². The normalized spacial score (nSPS) is 10.4. The average molecular weight is 198 g/mol. The lowest BCUT2D eigenvalue weighted by Gasteiger charge is -1.87. The summed E-state index contributed by atoms with van der Waals surface area (Å²) in [6.07, 6.45) is 0.737. The zero-order valence-electron chi connectivity index (χ0n) is 5.95. The van der Waals surface area contributed by atoms with Crippen LogP contribution in [0.25, 0.3) is 10.2 Å². The van der Waals surface area contributed by atoms with Crippen LogP contribution >= 0.6 is 22.9 Å². The Balaban J connectivity index is 2.82. The largest absolute Gasteiger partial charge is 0.295 e. The minimum atomic E-state index is 0.470. The van der Waals surface area contributed by atoms with E-state index in [1.807, 2.05) is 12.1 Å². The molecule has 0 amide bonds. The second-order valence-electron chi connectivity index (χ2n) is 2.26. The van der Waals surface area contributed by atoms with Crippen LogP contribution in [0.1, 0.15) is 9.80 Å². The summed E-state index contributed by atoms with van der Waals surface area (Å²) in [5, 5.41) is 1.06. The van der Waals surface area contributed by atoms with Gasteiger partial charge < -0.3 is 0 Å². The fourth-order valence-corrected chi connectivity index (χ4v) is 2.06. The minimum Gasteiger partial charge on any atom is -0.295 e. The average Bonchev–Trinajstić information content (AvgIpc) is 2.49. The second kappa shape index (κ2) is 2.84. The fourth-order valence-electron chi connectivity index (χ4n) is 0.982. The summed E-state index contributed by atoms with van der Waals surface area (Å²) in [4.78, 5) is 14.4. The molecule has 0 aliphatic rings. The van der Waals surface area contributed by atoms with Crippen LogP contribution in [0.2, 0.25) is 5.02 Å². The Hall–Kier alpha value is -0.930. The molecule has 0 unspecified atom stereocenters. The lowest BCUT2D eigenvalue weighted by molar-refractivity contribution is 0.112. The van der Waals surface area contributed by atoms with Crippen molar-refractivity contribution in [3.63, 3.8) is 0 Å². The number of benzene rings is 1. The van der Waals surface area contributed by atoms with Gasteiger partial charge in [-0.1, -0.05) is 17.7 Å². The van der Waals surface area contributed by atoms with E-state index in [-0.39, 0.29) is 0 Å². The highest BCUT2D eigenvalue weighted by Crippen LogP contribution is 2.26. The lowest BCUT2D eigenvalue weighted by atomic mass is 10.3. The number of carbonyl (C=O) groups excluding carboxylic acids is 1. The minimum absolute atomic E-state index is 0.470. The zero-order chi connectivity index (χ0) is 8.55. The van der Waals surface area contributed by atoms with Crippen LogP contribution in [0.3, 0.4) is 0 Å². The third kappa shape index (κ3) is 1.11. The quantitative estimate of drug-likeness (QED) is 0.658. The smallest absolute Gasteiger partial charge is 0.178 e. The molecule has 60 valence electrons. The summed E-state index contributed by atoms with van der Waals surface area (Å²) in [6.45, 7) is 0. The molecule has 1 heterocycles. The molecule has 0 radical (unpaired) electrons. The number of aldehydes is 1. The number of thiazole rings is 1. The van der Waals surface area contributed by atoms with E-state index in [1.165, 1.54) is 11.3 Å². The van der Waals surface area contributed by atoms with Gasteiger partial charge in [0.25, 0.3) is 0 Å². The number of halogens is 1. The number of hydrogen-bond donors (Lipinski definition) is 0. The van der Waals surface area contributed by atoms with E-state index < -0.39 is 0 Å². The molecular weight excluding hydrogens is 194 g/mol. The second-order valence-corrected chi connectivity index (χ2v) is 3.73. The standard InChI is InChI=1S/C8H4ClNOS/c9-5-2-1-3-6-8(5)10-7(4-11)12-6/h1-4H. The van der Waals surface area contributed by atoms with E-state index in [4.69, 9.17) is 11.6 Å². The van der Waals surface area contributed by atoms with Gasteiger partial charge >= 0.3 is 0 Å². The molecule has 1 aromatic heterocycles. The Morgan fingerprint density at radius 2 is 2.33 bits per heavy atom. The van der Waals surface area contributed by atoms with E-state index in [0.29, 0.717) is 15.5 Å². The molecule has 0 saturated heterocycles. The van der Waals surface area contributed by atoms with E-state index in [0.717, 1.165) is 11.0 Å². The number of hydrogen-bond acceptors (Lipinski definition) is 3. The number of carbonyl (C=O) groups is 1. The molecule has 2 nitrogen and oxygen atoms in total. The van der Waals surface area contributed by atoms with Crippen LogP contribution in [-0.2, 0) is 0 Å².